The summed E-state index contributed by atoms with van der Waals surface area (Å²) in [5.41, 5.74) is -2.07. The van der Waals surface area contributed by atoms with Gasteiger partial charge in [-0.2, -0.15) is 13.2 Å². The van der Waals surface area contributed by atoms with Crippen molar-refractivity contribution in [3.05, 3.63) is 51.5 Å². The number of halogens is 5. The van der Waals surface area contributed by atoms with E-state index in [-0.39, 0.29) is 22.3 Å². The zero-order chi connectivity index (χ0) is 19.8. The van der Waals surface area contributed by atoms with Crippen molar-refractivity contribution in [2.75, 3.05) is 5.32 Å². The van der Waals surface area contributed by atoms with E-state index in [0.717, 1.165) is 12.8 Å². The van der Waals surface area contributed by atoms with Crippen LogP contribution in [0.2, 0.25) is 10.3 Å². The fourth-order valence-corrected chi connectivity index (χ4v) is 2.55. The molecule has 0 atom stereocenters. The summed E-state index contributed by atoms with van der Waals surface area (Å²) in [6.45, 7) is 0. The van der Waals surface area contributed by atoms with Gasteiger partial charge in [0.15, 0.2) is 5.69 Å². The topological polar surface area (TPSA) is 84.0 Å². The zero-order valence-corrected chi connectivity index (χ0v) is 14.9. The summed E-state index contributed by atoms with van der Waals surface area (Å²) in [7, 11) is 0. The highest BCUT2D eigenvalue weighted by Crippen LogP contribution is 2.31. The van der Waals surface area contributed by atoms with Crippen LogP contribution in [0.5, 0.6) is 0 Å². The Hall–Kier alpha value is -2.39. The van der Waals surface area contributed by atoms with Crippen LogP contribution in [0.1, 0.15) is 39.3 Å². The van der Waals surface area contributed by atoms with E-state index in [9.17, 15) is 22.8 Å². The van der Waals surface area contributed by atoms with Crippen LogP contribution >= 0.6 is 23.2 Å². The lowest BCUT2D eigenvalue weighted by Crippen LogP contribution is -2.26. The lowest BCUT2D eigenvalue weighted by atomic mass is 10.1. The molecule has 0 bridgehead atoms. The predicted octanol–water partition coefficient (Wildman–Crippen LogP) is 3.95. The SMILES string of the molecule is O=C(NC1CC1)c1cc(NC(=O)c2cnc(Cl)nc2C(F)(F)F)ccc1Cl. The highest BCUT2D eigenvalue weighted by atomic mass is 35.5. The second-order valence-electron chi connectivity index (χ2n) is 5.80. The maximum Gasteiger partial charge on any atom is 0.434 e. The van der Waals surface area contributed by atoms with Gasteiger partial charge in [-0.1, -0.05) is 11.6 Å². The molecule has 3 rings (SSSR count). The lowest BCUT2D eigenvalue weighted by Gasteiger charge is -2.13. The number of carbonyl (C=O) groups excluding carboxylic acids is 2. The summed E-state index contributed by atoms with van der Waals surface area (Å²) in [6, 6.07) is 4.09. The molecule has 142 valence electrons. The van der Waals surface area contributed by atoms with Crippen molar-refractivity contribution in [3.63, 3.8) is 0 Å². The number of nitrogens with one attached hydrogen (secondary N) is 2. The monoisotopic (exact) mass is 418 g/mol. The van der Waals surface area contributed by atoms with Gasteiger partial charge in [-0.15, -0.1) is 0 Å². The molecule has 11 heteroatoms. The number of aromatic nitrogens is 2. The molecular weight excluding hydrogens is 408 g/mol. The maximum absolute atomic E-state index is 13.1. The molecule has 0 unspecified atom stereocenters. The molecule has 1 aliphatic rings. The van der Waals surface area contributed by atoms with Crippen molar-refractivity contribution >= 4 is 40.7 Å². The van der Waals surface area contributed by atoms with Gasteiger partial charge in [-0.3, -0.25) is 9.59 Å². The van der Waals surface area contributed by atoms with Crippen LogP contribution in [0.3, 0.4) is 0 Å². The minimum absolute atomic E-state index is 0.0902. The molecule has 0 spiro atoms. The van der Waals surface area contributed by atoms with Crippen molar-refractivity contribution in [1.82, 2.24) is 15.3 Å². The van der Waals surface area contributed by atoms with E-state index >= 15 is 0 Å². The Bertz CT molecular complexity index is 917. The van der Waals surface area contributed by atoms with Crippen LogP contribution < -0.4 is 10.6 Å². The van der Waals surface area contributed by atoms with E-state index in [1.165, 1.54) is 18.2 Å². The number of amides is 2. The van der Waals surface area contributed by atoms with Crippen molar-refractivity contribution in [1.29, 1.82) is 0 Å². The van der Waals surface area contributed by atoms with Gasteiger partial charge in [0.05, 0.1) is 16.1 Å². The lowest BCUT2D eigenvalue weighted by molar-refractivity contribution is -0.141. The van der Waals surface area contributed by atoms with E-state index in [1.807, 2.05) is 0 Å². The fourth-order valence-electron chi connectivity index (χ4n) is 2.21. The smallest absolute Gasteiger partial charge is 0.349 e. The quantitative estimate of drug-likeness (QED) is 0.736. The Morgan fingerprint density at radius 1 is 1.11 bits per heavy atom. The van der Waals surface area contributed by atoms with Gasteiger partial charge in [-0.05, 0) is 42.6 Å². The van der Waals surface area contributed by atoms with E-state index in [2.05, 4.69) is 20.6 Å². The predicted molar refractivity (Wildman–Crippen MR) is 91.9 cm³/mol. The molecule has 1 aromatic carbocycles. The van der Waals surface area contributed by atoms with Gasteiger partial charge in [0.1, 0.15) is 0 Å². The number of alkyl halides is 3. The fraction of sp³-hybridized carbons (Fsp3) is 0.250. The van der Waals surface area contributed by atoms with Crippen molar-refractivity contribution in [3.8, 4) is 0 Å². The molecule has 27 heavy (non-hydrogen) atoms. The molecule has 0 aliphatic heterocycles. The number of carbonyl (C=O) groups is 2. The summed E-state index contributed by atoms with van der Waals surface area (Å²) < 4.78 is 39.2. The zero-order valence-electron chi connectivity index (χ0n) is 13.4. The molecule has 1 aliphatic carbocycles. The molecule has 1 saturated carbocycles. The number of anilines is 1. The van der Waals surface area contributed by atoms with Crippen molar-refractivity contribution in [2.45, 2.75) is 25.1 Å². The van der Waals surface area contributed by atoms with Gasteiger partial charge in [0, 0.05) is 17.9 Å². The normalized spacial score (nSPS) is 14.0. The number of rotatable bonds is 4. The van der Waals surface area contributed by atoms with E-state index in [1.54, 1.807) is 0 Å². The van der Waals surface area contributed by atoms with Gasteiger partial charge >= 0.3 is 6.18 Å². The first kappa shape index (κ1) is 19.4. The van der Waals surface area contributed by atoms with Crippen molar-refractivity contribution in [2.24, 2.45) is 0 Å². The van der Waals surface area contributed by atoms with Crippen LogP contribution in [0.15, 0.2) is 24.4 Å². The molecule has 1 heterocycles. The van der Waals surface area contributed by atoms with Crippen LogP contribution in [0, 0.1) is 0 Å². The Morgan fingerprint density at radius 3 is 2.44 bits per heavy atom. The second kappa shape index (κ2) is 7.32. The molecule has 0 radical (unpaired) electrons. The third-order valence-electron chi connectivity index (χ3n) is 3.65. The summed E-state index contributed by atoms with van der Waals surface area (Å²) in [5.74, 6) is -1.53. The largest absolute Gasteiger partial charge is 0.434 e. The Balaban J connectivity index is 1.85. The Kier molecular flexibility index (Phi) is 5.25. The summed E-state index contributed by atoms with van der Waals surface area (Å²) in [6.07, 6.45) is -2.47. The van der Waals surface area contributed by atoms with Crippen LogP contribution in [0.25, 0.3) is 0 Å². The van der Waals surface area contributed by atoms with Gasteiger partial charge in [0.25, 0.3) is 11.8 Å². The number of hydrogen-bond acceptors (Lipinski definition) is 4. The average molecular weight is 419 g/mol. The molecule has 2 N–H and O–H groups in total. The molecule has 1 fully saturated rings. The molecule has 0 saturated heterocycles. The standard InChI is InChI=1S/C16H11Cl2F3N4O2/c17-11-4-3-8(5-9(11)13(26)23-7-1-2-7)24-14(27)10-6-22-15(18)25-12(10)16(19,20)21/h3-7H,1-2H2,(H,23,26)(H,24,27). The first-order valence-corrected chi connectivity index (χ1v) is 8.42. The third kappa shape index (κ3) is 4.67. The van der Waals surface area contributed by atoms with Crippen LogP contribution in [-0.2, 0) is 6.18 Å². The molecule has 6 nitrogen and oxygen atoms in total. The first-order chi connectivity index (χ1) is 12.6. The third-order valence-corrected chi connectivity index (χ3v) is 4.17. The summed E-state index contributed by atoms with van der Waals surface area (Å²) in [5, 5.41) is 4.54. The highest BCUT2D eigenvalue weighted by Gasteiger charge is 2.38. The minimum atomic E-state index is -4.89. The molecule has 2 aromatic rings. The van der Waals surface area contributed by atoms with Gasteiger partial charge in [-0.25, -0.2) is 9.97 Å². The number of benzene rings is 1. The molecule has 2 amide bonds. The number of hydrogen-bond donors (Lipinski definition) is 2. The van der Waals surface area contributed by atoms with E-state index in [0.29, 0.717) is 6.20 Å². The maximum atomic E-state index is 13.1. The van der Waals surface area contributed by atoms with Crippen LogP contribution in [-0.4, -0.2) is 27.8 Å². The van der Waals surface area contributed by atoms with E-state index in [4.69, 9.17) is 23.2 Å². The summed E-state index contributed by atoms with van der Waals surface area (Å²) >= 11 is 11.4. The van der Waals surface area contributed by atoms with Gasteiger partial charge in [0.2, 0.25) is 5.28 Å². The highest BCUT2D eigenvalue weighted by molar-refractivity contribution is 6.34. The second-order valence-corrected chi connectivity index (χ2v) is 6.54. The average Bonchev–Trinajstić information content (AvgIpc) is 3.39. The number of nitrogens with zero attached hydrogens (tertiary/aromatic N) is 2. The minimum Gasteiger partial charge on any atom is -0.349 e. The van der Waals surface area contributed by atoms with Crippen molar-refractivity contribution < 1.29 is 22.8 Å². The Morgan fingerprint density at radius 2 is 1.81 bits per heavy atom. The van der Waals surface area contributed by atoms with E-state index < -0.39 is 34.5 Å². The van der Waals surface area contributed by atoms with Crippen LogP contribution in [0.4, 0.5) is 18.9 Å². The molecule has 1 aromatic heterocycles. The molecular formula is C16H11Cl2F3N4O2. The summed E-state index contributed by atoms with van der Waals surface area (Å²) in [4.78, 5) is 30.9. The Labute approximate surface area is 161 Å². The van der Waals surface area contributed by atoms with Gasteiger partial charge < -0.3 is 10.6 Å². The first-order valence-electron chi connectivity index (χ1n) is 7.66.